The molecule has 2 nitrogen and oxygen atoms in total. The lowest BCUT2D eigenvalue weighted by atomic mass is 10.1. The second kappa shape index (κ2) is 5.50. The van der Waals surface area contributed by atoms with Crippen molar-refractivity contribution >= 4 is 10.9 Å². The van der Waals surface area contributed by atoms with Crippen LogP contribution in [0.1, 0.15) is 33.3 Å². The summed E-state index contributed by atoms with van der Waals surface area (Å²) in [5.74, 6) is 6.06. The van der Waals surface area contributed by atoms with E-state index in [0.717, 1.165) is 13.1 Å². The van der Waals surface area contributed by atoms with Gasteiger partial charge in [0, 0.05) is 23.8 Å². The van der Waals surface area contributed by atoms with Gasteiger partial charge in [0.25, 0.3) is 0 Å². The zero-order valence-corrected chi connectivity index (χ0v) is 12.2. The Labute approximate surface area is 115 Å². The van der Waals surface area contributed by atoms with Crippen molar-refractivity contribution in [3.05, 3.63) is 36.0 Å². The molecular weight excluding hydrogens is 232 g/mol. The van der Waals surface area contributed by atoms with Crippen molar-refractivity contribution < 1.29 is 0 Å². The van der Waals surface area contributed by atoms with E-state index in [9.17, 15) is 0 Å². The van der Waals surface area contributed by atoms with E-state index in [2.05, 4.69) is 73.0 Å². The van der Waals surface area contributed by atoms with Crippen molar-refractivity contribution in [3.63, 3.8) is 0 Å². The molecule has 0 radical (unpaired) electrons. The molecule has 0 spiro atoms. The zero-order valence-electron chi connectivity index (χ0n) is 12.2. The minimum Gasteiger partial charge on any atom is -0.336 e. The van der Waals surface area contributed by atoms with E-state index in [1.165, 1.54) is 16.5 Å². The first-order valence-corrected chi connectivity index (χ1v) is 6.72. The Balaban J connectivity index is 2.24. The maximum atomic E-state index is 3.52. The Morgan fingerprint density at radius 2 is 2.00 bits per heavy atom. The van der Waals surface area contributed by atoms with Gasteiger partial charge >= 0.3 is 0 Å². The van der Waals surface area contributed by atoms with Crippen LogP contribution in [0.15, 0.2) is 30.5 Å². The number of nitrogens with one attached hydrogen (secondary N) is 1. The van der Waals surface area contributed by atoms with Crippen LogP contribution < -0.4 is 5.32 Å². The van der Waals surface area contributed by atoms with Gasteiger partial charge in [-0.15, -0.1) is 5.92 Å². The average Bonchev–Trinajstić information content (AvgIpc) is 2.75. The smallest absolute Gasteiger partial charge is 0.0837 e. The van der Waals surface area contributed by atoms with Crippen LogP contribution in [-0.2, 0) is 13.1 Å². The van der Waals surface area contributed by atoms with Crippen molar-refractivity contribution in [2.75, 3.05) is 0 Å². The lowest BCUT2D eigenvalue weighted by molar-refractivity contribution is 0.424. The quantitative estimate of drug-likeness (QED) is 0.829. The predicted molar refractivity (Wildman–Crippen MR) is 82.0 cm³/mol. The largest absolute Gasteiger partial charge is 0.336 e. The van der Waals surface area contributed by atoms with Gasteiger partial charge in [-0.3, -0.25) is 0 Å². The normalized spacial score (nSPS) is 11.4. The third-order valence-electron chi connectivity index (χ3n) is 3.09. The number of aromatic nitrogens is 1. The van der Waals surface area contributed by atoms with E-state index in [-0.39, 0.29) is 5.54 Å². The van der Waals surface area contributed by atoms with Gasteiger partial charge in [0.15, 0.2) is 0 Å². The number of benzene rings is 1. The Hall–Kier alpha value is -1.72. The Morgan fingerprint density at radius 1 is 1.21 bits per heavy atom. The Bertz CT molecular complexity index is 618. The maximum absolute atomic E-state index is 3.52. The third kappa shape index (κ3) is 3.62. The predicted octanol–water partition coefficient (Wildman–Crippen LogP) is 3.55. The standard InChI is InChI=1S/C17H22N2/c1-5-6-10-19-11-9-15-8-7-14(12-16(15)19)13-18-17(2,3)4/h7-9,11-12,18H,10,13H2,1-4H3. The van der Waals surface area contributed by atoms with Gasteiger partial charge in [-0.2, -0.15) is 0 Å². The number of fused-ring (bicyclic) bond motifs is 1. The van der Waals surface area contributed by atoms with Crippen LogP contribution >= 0.6 is 0 Å². The molecule has 0 aliphatic carbocycles. The molecule has 2 aromatic rings. The SMILES string of the molecule is CC#CCn1ccc2ccc(CNC(C)(C)C)cc21. The molecule has 0 bridgehead atoms. The second-order valence-electron chi connectivity index (χ2n) is 5.87. The van der Waals surface area contributed by atoms with Gasteiger partial charge in [-0.05, 0) is 50.8 Å². The Kier molecular flexibility index (Phi) is 3.97. The van der Waals surface area contributed by atoms with Crippen LogP contribution in [0.2, 0.25) is 0 Å². The minimum absolute atomic E-state index is 0.143. The molecule has 2 heteroatoms. The average molecular weight is 254 g/mol. The molecule has 2 rings (SSSR count). The summed E-state index contributed by atoms with van der Waals surface area (Å²) in [6.07, 6.45) is 2.11. The molecule has 0 saturated heterocycles. The first-order valence-electron chi connectivity index (χ1n) is 6.72. The van der Waals surface area contributed by atoms with Crippen molar-refractivity contribution in [1.29, 1.82) is 0 Å². The lowest BCUT2D eigenvalue weighted by Gasteiger charge is -2.20. The molecule has 0 amide bonds. The van der Waals surface area contributed by atoms with E-state index in [1.807, 2.05) is 6.92 Å². The summed E-state index contributed by atoms with van der Waals surface area (Å²) >= 11 is 0. The van der Waals surface area contributed by atoms with Crippen molar-refractivity contribution in [2.45, 2.75) is 46.3 Å². The molecule has 0 aliphatic heterocycles. The molecule has 1 aromatic carbocycles. The lowest BCUT2D eigenvalue weighted by Crippen LogP contribution is -2.35. The molecule has 0 saturated carbocycles. The van der Waals surface area contributed by atoms with E-state index in [0.29, 0.717) is 0 Å². The van der Waals surface area contributed by atoms with Gasteiger partial charge in [0.2, 0.25) is 0 Å². The monoisotopic (exact) mass is 254 g/mol. The van der Waals surface area contributed by atoms with Crippen molar-refractivity contribution in [2.24, 2.45) is 0 Å². The fourth-order valence-corrected chi connectivity index (χ4v) is 2.01. The fraction of sp³-hybridized carbons (Fsp3) is 0.412. The summed E-state index contributed by atoms with van der Waals surface area (Å²) in [6, 6.07) is 8.78. The molecule has 0 fully saturated rings. The number of hydrogen-bond acceptors (Lipinski definition) is 1. The van der Waals surface area contributed by atoms with Gasteiger partial charge < -0.3 is 9.88 Å². The van der Waals surface area contributed by atoms with Crippen LogP contribution in [0.4, 0.5) is 0 Å². The highest BCUT2D eigenvalue weighted by Gasteiger charge is 2.09. The minimum atomic E-state index is 0.143. The van der Waals surface area contributed by atoms with E-state index in [4.69, 9.17) is 0 Å². The van der Waals surface area contributed by atoms with Crippen LogP contribution in [0, 0.1) is 11.8 Å². The summed E-state index contributed by atoms with van der Waals surface area (Å²) in [5, 5.41) is 4.80. The molecule has 1 N–H and O–H groups in total. The highest BCUT2D eigenvalue weighted by molar-refractivity contribution is 5.80. The first kappa shape index (κ1) is 13.7. The third-order valence-corrected chi connectivity index (χ3v) is 3.09. The summed E-state index contributed by atoms with van der Waals surface area (Å²) in [7, 11) is 0. The molecule has 19 heavy (non-hydrogen) atoms. The number of hydrogen-bond donors (Lipinski definition) is 1. The summed E-state index contributed by atoms with van der Waals surface area (Å²) in [6.45, 7) is 10.1. The van der Waals surface area contributed by atoms with Crippen molar-refractivity contribution in [3.8, 4) is 11.8 Å². The summed E-state index contributed by atoms with van der Waals surface area (Å²) < 4.78 is 2.20. The Morgan fingerprint density at radius 3 is 2.68 bits per heavy atom. The molecule has 0 atom stereocenters. The van der Waals surface area contributed by atoms with E-state index >= 15 is 0 Å². The molecule has 0 unspecified atom stereocenters. The molecule has 1 aromatic heterocycles. The van der Waals surface area contributed by atoms with Gasteiger partial charge in [0.05, 0.1) is 6.54 Å². The summed E-state index contributed by atoms with van der Waals surface area (Å²) in [4.78, 5) is 0. The van der Waals surface area contributed by atoms with Crippen molar-refractivity contribution in [1.82, 2.24) is 9.88 Å². The van der Waals surface area contributed by atoms with Crippen LogP contribution in [-0.4, -0.2) is 10.1 Å². The maximum Gasteiger partial charge on any atom is 0.0837 e. The molecule has 1 heterocycles. The van der Waals surface area contributed by atoms with Crippen LogP contribution in [0.3, 0.4) is 0 Å². The van der Waals surface area contributed by atoms with E-state index in [1.54, 1.807) is 0 Å². The number of rotatable bonds is 3. The van der Waals surface area contributed by atoms with Gasteiger partial charge in [-0.1, -0.05) is 18.1 Å². The summed E-state index contributed by atoms with van der Waals surface area (Å²) in [5.41, 5.74) is 2.72. The molecule has 100 valence electrons. The van der Waals surface area contributed by atoms with Gasteiger partial charge in [-0.25, -0.2) is 0 Å². The zero-order chi connectivity index (χ0) is 13.9. The first-order chi connectivity index (χ1) is 8.99. The molecule has 0 aliphatic rings. The highest BCUT2D eigenvalue weighted by Crippen LogP contribution is 2.18. The van der Waals surface area contributed by atoms with Crippen LogP contribution in [0.5, 0.6) is 0 Å². The number of nitrogens with zero attached hydrogens (tertiary/aromatic N) is 1. The molecular formula is C17H22N2. The van der Waals surface area contributed by atoms with Gasteiger partial charge in [0.1, 0.15) is 0 Å². The fourth-order valence-electron chi connectivity index (χ4n) is 2.01. The topological polar surface area (TPSA) is 17.0 Å². The highest BCUT2D eigenvalue weighted by atomic mass is 15.0. The van der Waals surface area contributed by atoms with E-state index < -0.39 is 0 Å². The van der Waals surface area contributed by atoms with Crippen LogP contribution in [0.25, 0.3) is 10.9 Å². The second-order valence-corrected chi connectivity index (χ2v) is 5.87.